The molecule has 1 amide bonds. The maximum absolute atomic E-state index is 13.9. The SMILES string of the molecule is COc1cccc(CNCC(O)C(Cc2cc(F)cc(F)c2)NC(=O)c2cc(C)cc(C(=O)c3ccccc3C)c2)c1. The molecule has 0 bridgehead atoms. The van der Waals surface area contributed by atoms with E-state index in [1.165, 1.54) is 18.2 Å². The minimum atomic E-state index is -1.11. The number of carbonyl (C=O) groups is 2. The lowest BCUT2D eigenvalue weighted by Gasteiger charge is -2.25. The summed E-state index contributed by atoms with van der Waals surface area (Å²) in [7, 11) is 1.58. The van der Waals surface area contributed by atoms with Crippen LogP contribution in [-0.2, 0) is 13.0 Å². The Morgan fingerprint density at radius 3 is 2.29 bits per heavy atom. The van der Waals surface area contributed by atoms with Crippen molar-refractivity contribution in [2.24, 2.45) is 0 Å². The molecule has 0 aliphatic heterocycles. The van der Waals surface area contributed by atoms with Gasteiger partial charge in [0.25, 0.3) is 5.91 Å². The van der Waals surface area contributed by atoms with Gasteiger partial charge in [0.2, 0.25) is 0 Å². The molecule has 0 heterocycles. The van der Waals surface area contributed by atoms with E-state index in [0.29, 0.717) is 29.0 Å². The lowest BCUT2D eigenvalue weighted by Crippen LogP contribution is -2.48. The summed E-state index contributed by atoms with van der Waals surface area (Å²) in [4.78, 5) is 26.7. The lowest BCUT2D eigenvalue weighted by atomic mass is 9.95. The van der Waals surface area contributed by atoms with Crippen LogP contribution in [0.25, 0.3) is 0 Å². The van der Waals surface area contributed by atoms with Crippen molar-refractivity contribution in [2.75, 3.05) is 13.7 Å². The quantitative estimate of drug-likeness (QED) is 0.200. The van der Waals surface area contributed by atoms with Gasteiger partial charge in [-0.1, -0.05) is 36.4 Å². The van der Waals surface area contributed by atoms with Crippen molar-refractivity contribution in [1.82, 2.24) is 10.6 Å². The molecule has 0 saturated heterocycles. The van der Waals surface area contributed by atoms with Crippen molar-refractivity contribution in [1.29, 1.82) is 0 Å². The van der Waals surface area contributed by atoms with Crippen LogP contribution in [0.1, 0.15) is 48.5 Å². The molecule has 0 aromatic heterocycles. The number of methoxy groups -OCH3 is 1. The molecule has 2 atom stereocenters. The zero-order valence-electron chi connectivity index (χ0n) is 23.8. The van der Waals surface area contributed by atoms with E-state index in [0.717, 1.165) is 17.2 Å². The predicted molar refractivity (Wildman–Crippen MR) is 158 cm³/mol. The second-order valence-electron chi connectivity index (χ2n) is 10.3. The standard InChI is InChI=1S/C34H34F2N2O4/c1-21-11-25(33(40)30-10-5-4-7-22(30)2)17-26(12-21)34(41)38-31(16-24-13-27(35)18-28(36)14-24)32(39)20-37-19-23-8-6-9-29(15-23)42-3/h4-15,17-18,31-32,37,39H,16,19-20H2,1-3H3,(H,38,41). The largest absolute Gasteiger partial charge is 0.497 e. The van der Waals surface area contributed by atoms with Crippen LogP contribution in [0, 0.1) is 25.5 Å². The number of ether oxygens (including phenoxy) is 1. The van der Waals surface area contributed by atoms with Crippen LogP contribution < -0.4 is 15.4 Å². The van der Waals surface area contributed by atoms with Gasteiger partial charge in [0.05, 0.1) is 19.3 Å². The third-order valence-corrected chi connectivity index (χ3v) is 6.97. The molecule has 6 nitrogen and oxygen atoms in total. The van der Waals surface area contributed by atoms with Crippen molar-refractivity contribution >= 4 is 11.7 Å². The molecule has 2 unspecified atom stereocenters. The summed E-state index contributed by atoms with van der Waals surface area (Å²) in [5.74, 6) is -1.53. The number of aryl methyl sites for hydroxylation is 2. The number of benzene rings is 4. The van der Waals surface area contributed by atoms with E-state index >= 15 is 0 Å². The molecule has 4 aromatic rings. The van der Waals surface area contributed by atoms with Crippen LogP contribution in [0.15, 0.2) is 84.9 Å². The summed E-state index contributed by atoms with van der Waals surface area (Å²) in [5, 5.41) is 17.1. The second-order valence-corrected chi connectivity index (χ2v) is 10.3. The Bertz CT molecular complexity index is 1550. The van der Waals surface area contributed by atoms with E-state index in [2.05, 4.69) is 10.6 Å². The van der Waals surface area contributed by atoms with Crippen molar-refractivity contribution in [3.8, 4) is 5.75 Å². The highest BCUT2D eigenvalue weighted by Crippen LogP contribution is 2.19. The second kappa shape index (κ2) is 14.0. The molecule has 0 aliphatic carbocycles. The number of amides is 1. The molecule has 3 N–H and O–H groups in total. The minimum absolute atomic E-state index is 0.0246. The molecular formula is C34H34F2N2O4. The molecular weight excluding hydrogens is 538 g/mol. The van der Waals surface area contributed by atoms with Crippen molar-refractivity contribution < 1.29 is 28.2 Å². The minimum Gasteiger partial charge on any atom is -0.497 e. The smallest absolute Gasteiger partial charge is 0.251 e. The number of rotatable bonds is 12. The molecule has 218 valence electrons. The highest BCUT2D eigenvalue weighted by molar-refractivity contribution is 6.11. The van der Waals surface area contributed by atoms with Gasteiger partial charge in [-0.2, -0.15) is 0 Å². The Balaban J connectivity index is 1.54. The number of halogens is 2. The first-order valence-corrected chi connectivity index (χ1v) is 13.6. The molecule has 4 aromatic carbocycles. The van der Waals surface area contributed by atoms with E-state index in [4.69, 9.17) is 4.74 Å². The van der Waals surface area contributed by atoms with Crippen molar-refractivity contribution in [2.45, 2.75) is 39.0 Å². The van der Waals surface area contributed by atoms with E-state index < -0.39 is 29.7 Å². The van der Waals surface area contributed by atoms with Gasteiger partial charge in [0.1, 0.15) is 17.4 Å². The average Bonchev–Trinajstić information content (AvgIpc) is 2.96. The zero-order valence-corrected chi connectivity index (χ0v) is 23.8. The van der Waals surface area contributed by atoms with Gasteiger partial charge in [0.15, 0.2) is 5.78 Å². The first kappa shape index (κ1) is 30.6. The first-order valence-electron chi connectivity index (χ1n) is 13.6. The highest BCUT2D eigenvalue weighted by atomic mass is 19.1. The van der Waals surface area contributed by atoms with Crippen LogP contribution in [0.3, 0.4) is 0 Å². The number of nitrogens with one attached hydrogen (secondary N) is 2. The Kier molecular flexibility index (Phi) is 10.2. The van der Waals surface area contributed by atoms with Crippen LogP contribution >= 0.6 is 0 Å². The van der Waals surface area contributed by atoms with Gasteiger partial charge in [-0.3, -0.25) is 9.59 Å². The lowest BCUT2D eigenvalue weighted by molar-refractivity contribution is 0.0829. The molecule has 42 heavy (non-hydrogen) atoms. The Labute approximate surface area is 244 Å². The van der Waals surface area contributed by atoms with Gasteiger partial charge in [-0.25, -0.2) is 8.78 Å². The third kappa shape index (κ3) is 8.09. The summed E-state index contributed by atoms with van der Waals surface area (Å²) in [5.41, 5.74) is 3.88. The van der Waals surface area contributed by atoms with Crippen LogP contribution in [0.2, 0.25) is 0 Å². The number of ketones is 1. The number of aliphatic hydroxyl groups is 1. The molecule has 0 saturated carbocycles. The number of hydrogen-bond donors (Lipinski definition) is 3. The Morgan fingerprint density at radius 2 is 1.57 bits per heavy atom. The third-order valence-electron chi connectivity index (χ3n) is 6.97. The predicted octanol–water partition coefficient (Wildman–Crippen LogP) is 5.31. The molecule has 0 fully saturated rings. The molecule has 0 radical (unpaired) electrons. The Morgan fingerprint density at radius 1 is 0.857 bits per heavy atom. The zero-order chi connectivity index (χ0) is 30.2. The molecule has 4 rings (SSSR count). The monoisotopic (exact) mass is 572 g/mol. The van der Waals surface area contributed by atoms with E-state index in [1.807, 2.05) is 43.3 Å². The molecule has 0 aliphatic rings. The summed E-state index contributed by atoms with van der Waals surface area (Å²) in [6.07, 6.45) is -1.13. The average molecular weight is 573 g/mol. The fourth-order valence-corrected chi connectivity index (χ4v) is 4.84. The van der Waals surface area contributed by atoms with E-state index in [9.17, 15) is 23.5 Å². The Hall–Kier alpha value is -4.40. The summed E-state index contributed by atoms with van der Waals surface area (Å²) in [6.45, 7) is 4.15. The summed E-state index contributed by atoms with van der Waals surface area (Å²) < 4.78 is 33.1. The van der Waals surface area contributed by atoms with Crippen molar-refractivity contribution in [3.63, 3.8) is 0 Å². The maximum atomic E-state index is 13.9. The van der Waals surface area contributed by atoms with Gasteiger partial charge in [-0.15, -0.1) is 0 Å². The normalized spacial score (nSPS) is 12.4. The van der Waals surface area contributed by atoms with Gasteiger partial charge in [-0.05, 0) is 85.0 Å². The highest BCUT2D eigenvalue weighted by Gasteiger charge is 2.24. The maximum Gasteiger partial charge on any atom is 0.251 e. The van der Waals surface area contributed by atoms with Gasteiger partial charge in [0, 0.05) is 35.8 Å². The molecule has 8 heteroatoms. The first-order chi connectivity index (χ1) is 20.1. The fraction of sp³-hybridized carbons (Fsp3) is 0.235. The number of carbonyl (C=O) groups excluding carboxylic acids is 2. The summed E-state index contributed by atoms with van der Waals surface area (Å²) >= 11 is 0. The topological polar surface area (TPSA) is 87.7 Å². The molecule has 0 spiro atoms. The van der Waals surface area contributed by atoms with Gasteiger partial charge < -0.3 is 20.5 Å². The number of hydrogen-bond acceptors (Lipinski definition) is 5. The van der Waals surface area contributed by atoms with Crippen LogP contribution in [-0.4, -0.2) is 42.6 Å². The van der Waals surface area contributed by atoms with E-state index in [-0.39, 0.29) is 29.9 Å². The fourth-order valence-electron chi connectivity index (χ4n) is 4.84. The van der Waals surface area contributed by atoms with Crippen LogP contribution in [0.5, 0.6) is 5.75 Å². The summed E-state index contributed by atoms with van der Waals surface area (Å²) in [6, 6.07) is 21.8. The van der Waals surface area contributed by atoms with Crippen LogP contribution in [0.4, 0.5) is 8.78 Å². The van der Waals surface area contributed by atoms with Gasteiger partial charge >= 0.3 is 0 Å². The van der Waals surface area contributed by atoms with E-state index in [1.54, 1.807) is 38.3 Å². The van der Waals surface area contributed by atoms with Crippen molar-refractivity contribution in [3.05, 3.63) is 136 Å². The number of aliphatic hydroxyl groups excluding tert-OH is 1.